The summed E-state index contributed by atoms with van der Waals surface area (Å²) in [5.74, 6) is 1.59. The van der Waals surface area contributed by atoms with Gasteiger partial charge in [-0.1, -0.05) is 36.8 Å². The quantitative estimate of drug-likeness (QED) is 0.741. The van der Waals surface area contributed by atoms with E-state index in [9.17, 15) is 4.79 Å². The third-order valence-corrected chi connectivity index (χ3v) is 6.38. The molecule has 0 aliphatic carbocycles. The Balaban J connectivity index is 1.70. The predicted molar refractivity (Wildman–Crippen MR) is 109 cm³/mol. The number of thiophene rings is 1. The largest absolute Gasteiger partial charge is 0.309 e. The molecule has 0 bridgehead atoms. The highest BCUT2D eigenvalue weighted by Crippen LogP contribution is 2.35. The summed E-state index contributed by atoms with van der Waals surface area (Å²) in [6, 6.07) is 8.36. The SMILES string of the molecule is Cc1ccc(-c2c(C)sc3nc(CN4CCC(C)CC4)[nH]c(=O)c23)cc1. The van der Waals surface area contributed by atoms with Crippen LogP contribution in [0.2, 0.25) is 0 Å². The number of likely N-dealkylation sites (tertiary alicyclic amines) is 1. The Bertz CT molecular complexity index is 979. The van der Waals surface area contributed by atoms with Gasteiger partial charge in [0.1, 0.15) is 10.7 Å². The summed E-state index contributed by atoms with van der Waals surface area (Å²) in [5, 5.41) is 0.729. The highest BCUT2D eigenvalue weighted by Gasteiger charge is 2.19. The molecular weight excluding hydrogens is 342 g/mol. The van der Waals surface area contributed by atoms with Gasteiger partial charge in [0.15, 0.2) is 0 Å². The number of aryl methyl sites for hydroxylation is 2. The fourth-order valence-electron chi connectivity index (χ4n) is 3.74. The lowest BCUT2D eigenvalue weighted by Crippen LogP contribution is -2.33. The molecule has 4 rings (SSSR count). The van der Waals surface area contributed by atoms with Crippen molar-refractivity contribution in [1.29, 1.82) is 0 Å². The van der Waals surface area contributed by atoms with Crippen molar-refractivity contribution in [1.82, 2.24) is 14.9 Å². The maximum Gasteiger partial charge on any atom is 0.260 e. The Kier molecular flexibility index (Phi) is 4.67. The van der Waals surface area contributed by atoms with Gasteiger partial charge in [0.25, 0.3) is 5.56 Å². The summed E-state index contributed by atoms with van der Waals surface area (Å²) in [6.45, 7) is 9.36. The Labute approximate surface area is 157 Å². The first-order valence-corrected chi connectivity index (χ1v) is 10.1. The molecule has 136 valence electrons. The molecule has 1 N–H and O–H groups in total. The Morgan fingerprint density at radius 1 is 1.19 bits per heavy atom. The zero-order valence-electron chi connectivity index (χ0n) is 15.6. The lowest BCUT2D eigenvalue weighted by atomic mass is 9.99. The van der Waals surface area contributed by atoms with Crippen molar-refractivity contribution in [3.05, 3.63) is 50.9 Å². The second kappa shape index (κ2) is 6.97. The molecule has 0 atom stereocenters. The van der Waals surface area contributed by atoms with Crippen molar-refractivity contribution in [3.8, 4) is 11.1 Å². The van der Waals surface area contributed by atoms with Crippen LogP contribution in [-0.2, 0) is 6.54 Å². The van der Waals surface area contributed by atoms with E-state index in [4.69, 9.17) is 4.98 Å². The number of piperidine rings is 1. The normalized spacial score (nSPS) is 16.4. The molecule has 26 heavy (non-hydrogen) atoms. The van der Waals surface area contributed by atoms with Gasteiger partial charge in [-0.3, -0.25) is 9.69 Å². The zero-order chi connectivity index (χ0) is 18.3. The molecule has 5 heteroatoms. The maximum absolute atomic E-state index is 12.9. The van der Waals surface area contributed by atoms with Crippen molar-refractivity contribution >= 4 is 21.6 Å². The fourth-order valence-corrected chi connectivity index (χ4v) is 4.80. The number of aromatic nitrogens is 2. The van der Waals surface area contributed by atoms with E-state index in [0.717, 1.165) is 57.6 Å². The van der Waals surface area contributed by atoms with Gasteiger partial charge in [-0.2, -0.15) is 0 Å². The zero-order valence-corrected chi connectivity index (χ0v) is 16.4. The highest BCUT2D eigenvalue weighted by molar-refractivity contribution is 7.19. The van der Waals surface area contributed by atoms with Gasteiger partial charge in [0.05, 0.1) is 11.9 Å². The van der Waals surface area contributed by atoms with Crippen LogP contribution >= 0.6 is 11.3 Å². The standard InChI is InChI=1S/C21H25N3OS/c1-13-4-6-16(7-5-13)18-15(3)26-21-19(18)20(25)22-17(23-21)12-24-10-8-14(2)9-11-24/h4-7,14H,8-12H2,1-3H3,(H,22,23,25). The minimum Gasteiger partial charge on any atom is -0.309 e. The smallest absolute Gasteiger partial charge is 0.260 e. The first-order chi connectivity index (χ1) is 12.5. The highest BCUT2D eigenvalue weighted by atomic mass is 32.1. The molecule has 1 aliphatic heterocycles. The van der Waals surface area contributed by atoms with Crippen LogP contribution < -0.4 is 5.56 Å². The first-order valence-electron chi connectivity index (χ1n) is 9.33. The minimum absolute atomic E-state index is 0.0182. The van der Waals surface area contributed by atoms with Crippen LogP contribution in [0.25, 0.3) is 21.3 Å². The number of rotatable bonds is 3. The summed E-state index contributed by atoms with van der Waals surface area (Å²) >= 11 is 1.62. The second-order valence-electron chi connectivity index (χ2n) is 7.55. The van der Waals surface area contributed by atoms with Gasteiger partial charge < -0.3 is 4.98 Å². The van der Waals surface area contributed by atoms with Crippen LogP contribution in [0.5, 0.6) is 0 Å². The van der Waals surface area contributed by atoms with E-state index >= 15 is 0 Å². The first kappa shape index (κ1) is 17.4. The van der Waals surface area contributed by atoms with Crippen molar-refractivity contribution in [3.63, 3.8) is 0 Å². The molecule has 0 radical (unpaired) electrons. The number of nitrogens with one attached hydrogen (secondary N) is 1. The van der Waals surface area contributed by atoms with Crippen molar-refractivity contribution < 1.29 is 0 Å². The number of aromatic amines is 1. The third-order valence-electron chi connectivity index (χ3n) is 5.38. The van der Waals surface area contributed by atoms with E-state index in [-0.39, 0.29) is 5.56 Å². The topological polar surface area (TPSA) is 49.0 Å². The van der Waals surface area contributed by atoms with E-state index in [1.54, 1.807) is 11.3 Å². The Morgan fingerprint density at radius 3 is 2.58 bits per heavy atom. The predicted octanol–water partition coefficient (Wildman–Crippen LogP) is 4.50. The molecule has 1 saturated heterocycles. The number of hydrogen-bond donors (Lipinski definition) is 1. The summed E-state index contributed by atoms with van der Waals surface area (Å²) in [7, 11) is 0. The monoisotopic (exact) mass is 367 g/mol. The van der Waals surface area contributed by atoms with Crippen LogP contribution in [0, 0.1) is 19.8 Å². The summed E-state index contributed by atoms with van der Waals surface area (Å²) < 4.78 is 0. The van der Waals surface area contributed by atoms with Gasteiger partial charge in [0.2, 0.25) is 0 Å². The molecule has 3 heterocycles. The minimum atomic E-state index is -0.0182. The molecule has 1 fully saturated rings. The molecule has 4 nitrogen and oxygen atoms in total. The maximum atomic E-state index is 12.9. The fraction of sp³-hybridized carbons (Fsp3) is 0.429. The van der Waals surface area contributed by atoms with Crippen molar-refractivity contribution in [2.45, 2.75) is 40.2 Å². The molecule has 1 aromatic carbocycles. The van der Waals surface area contributed by atoms with Gasteiger partial charge in [-0.15, -0.1) is 11.3 Å². The Morgan fingerprint density at radius 2 is 1.88 bits per heavy atom. The van der Waals surface area contributed by atoms with Crippen LogP contribution in [0.15, 0.2) is 29.1 Å². The second-order valence-corrected chi connectivity index (χ2v) is 8.75. The van der Waals surface area contributed by atoms with Gasteiger partial charge in [-0.05, 0) is 51.3 Å². The van der Waals surface area contributed by atoms with Crippen molar-refractivity contribution in [2.75, 3.05) is 13.1 Å². The summed E-state index contributed by atoms with van der Waals surface area (Å²) in [4.78, 5) is 25.1. The molecule has 2 aromatic heterocycles. The van der Waals surface area contributed by atoms with Crippen LogP contribution in [0.1, 0.15) is 36.0 Å². The molecule has 3 aromatic rings. The molecule has 0 saturated carbocycles. The van der Waals surface area contributed by atoms with E-state index < -0.39 is 0 Å². The number of H-pyrrole nitrogens is 1. The van der Waals surface area contributed by atoms with Gasteiger partial charge in [-0.25, -0.2) is 4.98 Å². The van der Waals surface area contributed by atoms with E-state index in [1.807, 2.05) is 0 Å². The van der Waals surface area contributed by atoms with Crippen LogP contribution in [0.3, 0.4) is 0 Å². The molecule has 0 spiro atoms. The molecule has 1 aliphatic rings. The number of hydrogen-bond acceptors (Lipinski definition) is 4. The van der Waals surface area contributed by atoms with Crippen molar-refractivity contribution in [2.24, 2.45) is 5.92 Å². The third kappa shape index (κ3) is 3.33. The van der Waals surface area contributed by atoms with Crippen LogP contribution in [-0.4, -0.2) is 28.0 Å². The lowest BCUT2D eigenvalue weighted by Gasteiger charge is -2.29. The molecule has 0 unspecified atom stereocenters. The average molecular weight is 368 g/mol. The van der Waals surface area contributed by atoms with Crippen LogP contribution in [0.4, 0.5) is 0 Å². The average Bonchev–Trinajstić information content (AvgIpc) is 2.94. The molecular formula is C21H25N3OS. The molecule has 0 amide bonds. The van der Waals surface area contributed by atoms with E-state index in [1.165, 1.54) is 18.4 Å². The lowest BCUT2D eigenvalue weighted by molar-refractivity contribution is 0.181. The van der Waals surface area contributed by atoms with E-state index in [2.05, 4.69) is 54.9 Å². The number of fused-ring (bicyclic) bond motifs is 1. The summed E-state index contributed by atoms with van der Waals surface area (Å²) in [6.07, 6.45) is 2.45. The van der Waals surface area contributed by atoms with Gasteiger partial charge >= 0.3 is 0 Å². The number of benzene rings is 1. The summed E-state index contributed by atoms with van der Waals surface area (Å²) in [5.41, 5.74) is 3.31. The van der Waals surface area contributed by atoms with E-state index in [0.29, 0.717) is 0 Å². The number of nitrogens with zero attached hydrogens (tertiary/aromatic N) is 2. The van der Waals surface area contributed by atoms with Gasteiger partial charge in [0, 0.05) is 10.4 Å². The Hall–Kier alpha value is -1.98.